The molecular formula is C11H15BN. The summed E-state index contributed by atoms with van der Waals surface area (Å²) in [7, 11) is 8.23. The molecule has 1 heterocycles. The van der Waals surface area contributed by atoms with Gasteiger partial charge in [0.25, 0.3) is 0 Å². The maximum absolute atomic E-state index is 6.13. The molecule has 1 unspecified atom stereocenters. The Balaban J connectivity index is 2.34. The van der Waals surface area contributed by atoms with Crippen molar-refractivity contribution >= 4 is 7.98 Å². The summed E-state index contributed by atoms with van der Waals surface area (Å²) in [5.41, 5.74) is 2.90. The molecule has 1 aliphatic heterocycles. The van der Waals surface area contributed by atoms with Gasteiger partial charge in [0.15, 0.2) is 0 Å². The fourth-order valence-electron chi connectivity index (χ4n) is 2.05. The highest BCUT2D eigenvalue weighted by Gasteiger charge is 2.13. The molecule has 1 aromatic rings. The van der Waals surface area contributed by atoms with Crippen molar-refractivity contribution in [3.63, 3.8) is 0 Å². The van der Waals surface area contributed by atoms with Crippen LogP contribution in [-0.2, 0) is 13.0 Å². The lowest BCUT2D eigenvalue weighted by molar-refractivity contribution is -0.809. The number of aryl methyl sites for hydroxylation is 1. The number of benzene rings is 1. The molecule has 67 valence electrons. The highest BCUT2D eigenvalue weighted by molar-refractivity contribution is 5.97. The molecule has 1 aliphatic rings. The van der Waals surface area contributed by atoms with Crippen molar-refractivity contribution in [2.45, 2.75) is 19.4 Å². The van der Waals surface area contributed by atoms with Crippen LogP contribution in [0, 0.1) is 0 Å². The minimum atomic E-state index is 0.636. The van der Waals surface area contributed by atoms with Crippen molar-refractivity contribution in [1.82, 2.24) is 0 Å². The summed E-state index contributed by atoms with van der Waals surface area (Å²) in [5, 5.41) is 0. The van der Waals surface area contributed by atoms with E-state index in [-0.39, 0.29) is 0 Å². The molecule has 0 spiro atoms. The zero-order valence-electron chi connectivity index (χ0n) is 8.16. The molecule has 0 amide bonds. The molecule has 0 fully saturated rings. The van der Waals surface area contributed by atoms with Gasteiger partial charge < -0.3 is 4.39 Å². The zero-order valence-corrected chi connectivity index (χ0v) is 8.16. The summed E-state index contributed by atoms with van der Waals surface area (Å²) >= 11 is 0. The van der Waals surface area contributed by atoms with Crippen molar-refractivity contribution in [2.75, 3.05) is 13.6 Å². The van der Waals surface area contributed by atoms with Gasteiger partial charge in [0.2, 0.25) is 0 Å². The first kappa shape index (κ1) is 8.83. The number of hydrogen-bond acceptors (Lipinski definition) is 0. The number of nitrogens with zero attached hydrogens (tertiary/aromatic N) is 1. The normalized spacial score (nSPS) is 27.8. The van der Waals surface area contributed by atoms with Crippen LogP contribution in [0.5, 0.6) is 0 Å². The number of rotatable bonds is 0. The van der Waals surface area contributed by atoms with E-state index in [2.05, 4.69) is 31.3 Å². The summed E-state index contributed by atoms with van der Waals surface area (Å²) in [6.45, 7) is 2.05. The highest BCUT2D eigenvalue weighted by Crippen LogP contribution is 2.20. The Morgan fingerprint density at radius 2 is 1.92 bits per heavy atom. The van der Waals surface area contributed by atoms with E-state index in [9.17, 15) is 0 Å². The van der Waals surface area contributed by atoms with Gasteiger partial charge in [-0.3, -0.25) is 0 Å². The summed E-state index contributed by atoms with van der Waals surface area (Å²) in [5.74, 6) is 0. The SMILES string of the molecule is [B-][N+]1(C)CCCc2ccccc2C1. The molecule has 13 heavy (non-hydrogen) atoms. The van der Waals surface area contributed by atoms with Crippen molar-refractivity contribution < 1.29 is 4.39 Å². The maximum atomic E-state index is 6.13. The van der Waals surface area contributed by atoms with Crippen LogP contribution in [0.15, 0.2) is 24.3 Å². The zero-order chi connectivity index (χ0) is 9.31. The topological polar surface area (TPSA) is 0 Å². The van der Waals surface area contributed by atoms with Crippen LogP contribution in [0.1, 0.15) is 17.5 Å². The van der Waals surface area contributed by atoms with Gasteiger partial charge in [-0.2, -0.15) is 0 Å². The first-order valence-corrected chi connectivity index (χ1v) is 4.87. The molecule has 0 N–H and O–H groups in total. The van der Waals surface area contributed by atoms with E-state index in [1.165, 1.54) is 24.0 Å². The summed E-state index contributed by atoms with van der Waals surface area (Å²) in [6.07, 6.45) is 2.38. The highest BCUT2D eigenvalue weighted by atomic mass is 15.2. The quantitative estimate of drug-likeness (QED) is 0.522. The maximum Gasteiger partial charge on any atom is 0.0580 e. The van der Waals surface area contributed by atoms with Gasteiger partial charge in [0.05, 0.1) is 6.54 Å². The van der Waals surface area contributed by atoms with Crippen LogP contribution in [-0.4, -0.2) is 26.0 Å². The second-order valence-electron chi connectivity index (χ2n) is 4.23. The third kappa shape index (κ3) is 1.94. The molecule has 1 nitrogen and oxygen atoms in total. The van der Waals surface area contributed by atoms with Gasteiger partial charge in [-0.15, -0.1) is 0 Å². The van der Waals surface area contributed by atoms with Crippen molar-refractivity contribution in [2.24, 2.45) is 0 Å². The average molecular weight is 172 g/mol. The van der Waals surface area contributed by atoms with Gasteiger partial charge >= 0.3 is 0 Å². The van der Waals surface area contributed by atoms with Crippen molar-refractivity contribution in [1.29, 1.82) is 0 Å². The van der Waals surface area contributed by atoms with E-state index in [1.54, 1.807) is 0 Å². The second kappa shape index (κ2) is 3.19. The van der Waals surface area contributed by atoms with E-state index < -0.39 is 0 Å². The van der Waals surface area contributed by atoms with E-state index in [0.29, 0.717) is 4.39 Å². The molecule has 0 aromatic heterocycles. The number of quaternary nitrogens is 1. The third-order valence-corrected chi connectivity index (χ3v) is 2.76. The molecule has 2 heteroatoms. The van der Waals surface area contributed by atoms with E-state index in [4.69, 9.17) is 7.98 Å². The van der Waals surface area contributed by atoms with Crippen LogP contribution in [0.4, 0.5) is 0 Å². The molecule has 0 saturated heterocycles. The van der Waals surface area contributed by atoms with Crippen LogP contribution >= 0.6 is 0 Å². The lowest BCUT2D eigenvalue weighted by atomic mass is 10.0. The van der Waals surface area contributed by atoms with Crippen LogP contribution < -0.4 is 0 Å². The van der Waals surface area contributed by atoms with Crippen LogP contribution in [0.2, 0.25) is 0 Å². The number of hydrogen-bond donors (Lipinski definition) is 0. The molecule has 2 rings (SSSR count). The second-order valence-corrected chi connectivity index (χ2v) is 4.23. The van der Waals surface area contributed by atoms with Gasteiger partial charge in [-0.1, -0.05) is 24.3 Å². The van der Waals surface area contributed by atoms with Crippen molar-refractivity contribution in [3.8, 4) is 0 Å². The monoisotopic (exact) mass is 172 g/mol. The van der Waals surface area contributed by atoms with Crippen molar-refractivity contribution in [3.05, 3.63) is 35.4 Å². The Bertz CT molecular complexity index is 307. The molecule has 0 aliphatic carbocycles. The molecule has 1 atom stereocenters. The van der Waals surface area contributed by atoms with Crippen LogP contribution in [0.25, 0.3) is 0 Å². The van der Waals surface area contributed by atoms with Gasteiger partial charge in [-0.05, 0) is 18.4 Å². The first-order chi connectivity index (χ1) is 6.17. The molecule has 0 saturated carbocycles. The number of fused-ring (bicyclic) bond motifs is 1. The predicted octanol–water partition coefficient (Wildman–Crippen LogP) is 1.66. The predicted molar refractivity (Wildman–Crippen MR) is 55.3 cm³/mol. The summed E-state index contributed by atoms with van der Waals surface area (Å²) < 4.78 is 0.636. The minimum Gasteiger partial charge on any atom is -0.587 e. The fraction of sp³-hybridized carbons (Fsp3) is 0.455. The average Bonchev–Trinajstić information content (AvgIpc) is 2.21. The Labute approximate surface area is 81.4 Å². The third-order valence-electron chi connectivity index (χ3n) is 2.76. The smallest absolute Gasteiger partial charge is 0.0580 e. The van der Waals surface area contributed by atoms with E-state index in [0.717, 1.165) is 13.1 Å². The lowest BCUT2D eigenvalue weighted by Gasteiger charge is -2.44. The van der Waals surface area contributed by atoms with E-state index in [1.807, 2.05) is 0 Å². The summed E-state index contributed by atoms with van der Waals surface area (Å²) in [6, 6.07) is 8.64. The Morgan fingerprint density at radius 1 is 1.23 bits per heavy atom. The molecule has 1 aromatic carbocycles. The molecular weight excluding hydrogens is 157 g/mol. The van der Waals surface area contributed by atoms with Gasteiger partial charge in [-0.25, -0.2) is 7.98 Å². The Morgan fingerprint density at radius 3 is 2.69 bits per heavy atom. The Hall–Kier alpha value is -0.755. The largest absolute Gasteiger partial charge is 0.587 e. The fourth-order valence-corrected chi connectivity index (χ4v) is 2.05. The molecule has 3 radical (unpaired) electrons. The summed E-state index contributed by atoms with van der Waals surface area (Å²) in [4.78, 5) is 0. The van der Waals surface area contributed by atoms with Crippen LogP contribution in [0.3, 0.4) is 0 Å². The minimum absolute atomic E-state index is 0.636. The first-order valence-electron chi connectivity index (χ1n) is 4.87. The molecule has 0 bridgehead atoms. The lowest BCUT2D eigenvalue weighted by Crippen LogP contribution is -2.40. The van der Waals surface area contributed by atoms with Gasteiger partial charge in [0.1, 0.15) is 0 Å². The van der Waals surface area contributed by atoms with E-state index >= 15 is 0 Å². The Kier molecular flexibility index (Phi) is 2.16. The standard InChI is InChI=1S/C11H15BN/c1-13(12)8-4-7-10-5-2-3-6-11(10)9-13/h2-3,5-6H,4,7-9H2,1H3. The van der Waals surface area contributed by atoms with Gasteiger partial charge in [0, 0.05) is 19.2 Å².